The van der Waals surface area contributed by atoms with Gasteiger partial charge in [0.2, 0.25) is 0 Å². The summed E-state index contributed by atoms with van der Waals surface area (Å²) in [5, 5.41) is 7.57. The van der Waals surface area contributed by atoms with Crippen molar-refractivity contribution in [2.24, 2.45) is 0 Å². The maximum absolute atomic E-state index is 7.57. The highest BCUT2D eigenvalue weighted by molar-refractivity contribution is 5.93. The Morgan fingerprint density at radius 3 is 2.23 bits per heavy atom. The maximum Gasteiger partial charge on any atom is 0.0970 e. The molecular weight excluding hydrogens is 160 g/mol. The molecule has 13 heavy (non-hydrogen) atoms. The second-order valence-corrected chi connectivity index (χ2v) is 3.17. The van der Waals surface area contributed by atoms with E-state index in [9.17, 15) is 0 Å². The largest absolute Gasteiger partial charge is 0.331 e. The Morgan fingerprint density at radius 1 is 1.31 bits per heavy atom. The highest BCUT2D eigenvalue weighted by Gasteiger charge is 2.04. The SMILES string of the molecule is CCN(C(C)=N)c1ccc(C)cc1. The Hall–Kier alpha value is -1.31. The molecule has 0 bridgehead atoms. The van der Waals surface area contributed by atoms with Crippen LogP contribution in [-0.2, 0) is 0 Å². The molecule has 0 fully saturated rings. The van der Waals surface area contributed by atoms with Crippen molar-refractivity contribution in [3.8, 4) is 0 Å². The lowest BCUT2D eigenvalue weighted by Crippen LogP contribution is -2.27. The van der Waals surface area contributed by atoms with Gasteiger partial charge in [0.15, 0.2) is 0 Å². The zero-order valence-corrected chi connectivity index (χ0v) is 8.46. The molecule has 0 saturated carbocycles. The third-order valence-corrected chi connectivity index (χ3v) is 2.07. The molecule has 1 rings (SSSR count). The van der Waals surface area contributed by atoms with Gasteiger partial charge in [-0.25, -0.2) is 0 Å². The number of nitrogens with zero attached hydrogens (tertiary/aromatic N) is 1. The number of aryl methyl sites for hydroxylation is 1. The molecular formula is C11H16N2. The molecule has 0 aliphatic heterocycles. The van der Waals surface area contributed by atoms with Crippen molar-refractivity contribution < 1.29 is 0 Å². The summed E-state index contributed by atoms with van der Waals surface area (Å²) in [7, 11) is 0. The van der Waals surface area contributed by atoms with Gasteiger partial charge in [-0.2, -0.15) is 0 Å². The monoisotopic (exact) mass is 176 g/mol. The van der Waals surface area contributed by atoms with E-state index in [0.29, 0.717) is 5.84 Å². The number of hydrogen-bond donors (Lipinski definition) is 1. The Kier molecular flexibility index (Phi) is 3.07. The lowest BCUT2D eigenvalue weighted by atomic mass is 10.2. The molecule has 0 aliphatic carbocycles. The van der Waals surface area contributed by atoms with Crippen LogP contribution in [0.25, 0.3) is 0 Å². The van der Waals surface area contributed by atoms with Gasteiger partial charge in [0.1, 0.15) is 0 Å². The van der Waals surface area contributed by atoms with Crippen LogP contribution in [0.2, 0.25) is 0 Å². The van der Waals surface area contributed by atoms with Crippen molar-refractivity contribution in [1.29, 1.82) is 5.41 Å². The molecule has 1 aromatic rings. The molecule has 2 nitrogen and oxygen atoms in total. The van der Waals surface area contributed by atoms with Gasteiger partial charge in [-0.05, 0) is 32.9 Å². The molecule has 0 amide bonds. The summed E-state index contributed by atoms with van der Waals surface area (Å²) in [5.74, 6) is 0.589. The van der Waals surface area contributed by atoms with E-state index in [0.717, 1.165) is 12.2 Å². The lowest BCUT2D eigenvalue weighted by Gasteiger charge is -2.21. The van der Waals surface area contributed by atoms with Crippen LogP contribution < -0.4 is 4.90 Å². The summed E-state index contributed by atoms with van der Waals surface area (Å²) in [5.41, 5.74) is 2.35. The van der Waals surface area contributed by atoms with E-state index in [2.05, 4.69) is 38.1 Å². The fraction of sp³-hybridized carbons (Fsp3) is 0.364. The van der Waals surface area contributed by atoms with Crippen molar-refractivity contribution in [2.45, 2.75) is 20.8 Å². The van der Waals surface area contributed by atoms with E-state index in [1.165, 1.54) is 5.56 Å². The van der Waals surface area contributed by atoms with Gasteiger partial charge < -0.3 is 4.90 Å². The Morgan fingerprint density at radius 2 is 1.85 bits per heavy atom. The maximum atomic E-state index is 7.57. The van der Waals surface area contributed by atoms with Crippen molar-refractivity contribution in [3.05, 3.63) is 29.8 Å². The molecule has 2 heteroatoms. The molecule has 0 aliphatic rings. The summed E-state index contributed by atoms with van der Waals surface area (Å²) in [6.45, 7) is 6.77. The van der Waals surface area contributed by atoms with Gasteiger partial charge in [0.05, 0.1) is 5.84 Å². The first-order valence-electron chi connectivity index (χ1n) is 4.54. The Bertz CT molecular complexity index is 287. The standard InChI is InChI=1S/C11H16N2/c1-4-13(10(3)12)11-7-5-9(2)6-8-11/h5-8,12H,4H2,1-3H3. The minimum atomic E-state index is 0.589. The van der Waals surface area contributed by atoms with Crippen LogP contribution in [-0.4, -0.2) is 12.4 Å². The van der Waals surface area contributed by atoms with E-state index in [4.69, 9.17) is 5.41 Å². The minimum absolute atomic E-state index is 0.589. The predicted octanol–water partition coefficient (Wildman–Crippen LogP) is 2.82. The van der Waals surface area contributed by atoms with Crippen LogP contribution in [0.3, 0.4) is 0 Å². The van der Waals surface area contributed by atoms with Crippen molar-refractivity contribution in [3.63, 3.8) is 0 Å². The van der Waals surface area contributed by atoms with Gasteiger partial charge in [-0.3, -0.25) is 5.41 Å². The van der Waals surface area contributed by atoms with Crippen LogP contribution in [0.1, 0.15) is 19.4 Å². The molecule has 0 aromatic heterocycles. The number of hydrogen-bond acceptors (Lipinski definition) is 1. The molecule has 0 radical (unpaired) electrons. The third kappa shape index (κ3) is 2.31. The highest BCUT2D eigenvalue weighted by Crippen LogP contribution is 2.14. The Labute approximate surface area is 79.7 Å². The van der Waals surface area contributed by atoms with Gasteiger partial charge in [-0.15, -0.1) is 0 Å². The van der Waals surface area contributed by atoms with Gasteiger partial charge in [-0.1, -0.05) is 17.7 Å². The molecule has 0 unspecified atom stereocenters. The van der Waals surface area contributed by atoms with Crippen LogP contribution >= 0.6 is 0 Å². The fourth-order valence-electron chi connectivity index (χ4n) is 1.34. The minimum Gasteiger partial charge on any atom is -0.331 e. The number of anilines is 1. The first-order chi connectivity index (χ1) is 6.15. The fourth-order valence-corrected chi connectivity index (χ4v) is 1.34. The summed E-state index contributed by atoms with van der Waals surface area (Å²) in [4.78, 5) is 1.97. The molecule has 1 aromatic carbocycles. The molecule has 1 N–H and O–H groups in total. The molecule has 0 atom stereocenters. The number of benzene rings is 1. The summed E-state index contributed by atoms with van der Waals surface area (Å²) in [6.07, 6.45) is 0. The first-order valence-corrected chi connectivity index (χ1v) is 4.54. The summed E-state index contributed by atoms with van der Waals surface area (Å²) in [6, 6.07) is 8.25. The van der Waals surface area contributed by atoms with E-state index in [1.54, 1.807) is 0 Å². The quantitative estimate of drug-likeness (QED) is 0.544. The summed E-state index contributed by atoms with van der Waals surface area (Å²) < 4.78 is 0. The smallest absolute Gasteiger partial charge is 0.0970 e. The number of nitrogens with one attached hydrogen (secondary N) is 1. The van der Waals surface area contributed by atoms with E-state index < -0.39 is 0 Å². The van der Waals surface area contributed by atoms with Crippen LogP contribution in [0, 0.1) is 12.3 Å². The summed E-state index contributed by atoms with van der Waals surface area (Å²) >= 11 is 0. The second-order valence-electron chi connectivity index (χ2n) is 3.17. The van der Waals surface area contributed by atoms with Crippen LogP contribution in [0.15, 0.2) is 24.3 Å². The molecule has 70 valence electrons. The lowest BCUT2D eigenvalue weighted by molar-refractivity contribution is 1.04. The normalized spacial score (nSPS) is 9.77. The Balaban J connectivity index is 2.92. The molecule has 0 saturated heterocycles. The van der Waals surface area contributed by atoms with Crippen molar-refractivity contribution in [1.82, 2.24) is 0 Å². The highest BCUT2D eigenvalue weighted by atomic mass is 15.2. The van der Waals surface area contributed by atoms with Crippen LogP contribution in [0.4, 0.5) is 5.69 Å². The average Bonchev–Trinajstić information content (AvgIpc) is 2.09. The van der Waals surface area contributed by atoms with Gasteiger partial charge in [0.25, 0.3) is 0 Å². The second kappa shape index (κ2) is 4.08. The van der Waals surface area contributed by atoms with E-state index in [1.807, 2.05) is 11.8 Å². The van der Waals surface area contributed by atoms with E-state index >= 15 is 0 Å². The van der Waals surface area contributed by atoms with E-state index in [-0.39, 0.29) is 0 Å². The van der Waals surface area contributed by atoms with Crippen LogP contribution in [0.5, 0.6) is 0 Å². The van der Waals surface area contributed by atoms with Crippen molar-refractivity contribution >= 4 is 11.5 Å². The zero-order chi connectivity index (χ0) is 9.84. The topological polar surface area (TPSA) is 27.1 Å². The first kappa shape index (κ1) is 9.78. The van der Waals surface area contributed by atoms with Gasteiger partial charge in [0, 0.05) is 12.2 Å². The number of amidine groups is 1. The predicted molar refractivity (Wildman–Crippen MR) is 57.6 cm³/mol. The zero-order valence-electron chi connectivity index (χ0n) is 8.46. The number of rotatable bonds is 2. The van der Waals surface area contributed by atoms with Crippen molar-refractivity contribution in [2.75, 3.05) is 11.4 Å². The van der Waals surface area contributed by atoms with Gasteiger partial charge >= 0.3 is 0 Å². The average molecular weight is 176 g/mol. The molecule has 0 spiro atoms. The third-order valence-electron chi connectivity index (χ3n) is 2.07. The molecule has 0 heterocycles.